The summed E-state index contributed by atoms with van der Waals surface area (Å²) in [5.74, 6) is 2.49. The van der Waals surface area contributed by atoms with Crippen molar-refractivity contribution in [2.75, 3.05) is 12.4 Å². The van der Waals surface area contributed by atoms with Crippen LogP contribution < -0.4 is 4.74 Å². The summed E-state index contributed by atoms with van der Waals surface area (Å²) in [4.78, 5) is 0. The van der Waals surface area contributed by atoms with E-state index in [0.717, 1.165) is 37.0 Å². The lowest BCUT2D eigenvalue weighted by Gasteiger charge is -2.34. The molecule has 1 heterocycles. The van der Waals surface area contributed by atoms with E-state index in [4.69, 9.17) is 9.15 Å². The largest absolute Gasteiger partial charge is 0.493 e. The molecule has 0 radical (unpaired) electrons. The number of benzene rings is 1. The molecule has 0 saturated heterocycles. The first kappa shape index (κ1) is 17.3. The molecule has 1 fully saturated rings. The van der Waals surface area contributed by atoms with Gasteiger partial charge in [0.25, 0.3) is 11.1 Å². The van der Waals surface area contributed by atoms with Gasteiger partial charge in [-0.1, -0.05) is 30.8 Å². The zero-order chi connectivity index (χ0) is 17.0. The van der Waals surface area contributed by atoms with Gasteiger partial charge in [0.05, 0.1) is 17.8 Å². The van der Waals surface area contributed by atoms with Crippen LogP contribution in [0.3, 0.4) is 0 Å². The van der Waals surface area contributed by atoms with Crippen LogP contribution in [0.4, 0.5) is 0 Å². The Morgan fingerprint density at radius 1 is 1.29 bits per heavy atom. The SMILES string of the molecule is CCOc1ccccc1-c1nnc(SCC2(O)CCC(C)CC2)o1. The van der Waals surface area contributed by atoms with E-state index in [1.54, 1.807) is 0 Å². The Morgan fingerprint density at radius 3 is 2.79 bits per heavy atom. The minimum Gasteiger partial charge on any atom is -0.493 e. The van der Waals surface area contributed by atoms with Crippen LogP contribution in [0.15, 0.2) is 33.9 Å². The number of hydrogen-bond donors (Lipinski definition) is 1. The molecule has 0 bridgehead atoms. The van der Waals surface area contributed by atoms with Gasteiger partial charge in [-0.05, 0) is 50.7 Å². The topological polar surface area (TPSA) is 68.4 Å². The number of ether oxygens (including phenoxy) is 1. The van der Waals surface area contributed by atoms with Gasteiger partial charge in [0.15, 0.2) is 0 Å². The standard InChI is InChI=1S/C18H24N2O3S/c1-3-22-15-7-5-4-6-14(15)16-19-20-17(23-16)24-12-18(21)10-8-13(2)9-11-18/h4-7,13,21H,3,8-12H2,1-2H3. The van der Waals surface area contributed by atoms with Crippen LogP contribution >= 0.6 is 11.8 Å². The van der Waals surface area contributed by atoms with Crippen LogP contribution in [0.5, 0.6) is 5.75 Å². The zero-order valence-corrected chi connectivity index (χ0v) is 15.0. The first-order chi connectivity index (χ1) is 11.6. The van der Waals surface area contributed by atoms with Crippen molar-refractivity contribution in [2.24, 2.45) is 5.92 Å². The van der Waals surface area contributed by atoms with Crippen LogP contribution in [-0.2, 0) is 0 Å². The third-order valence-electron chi connectivity index (χ3n) is 4.49. The molecule has 2 aromatic rings. The van der Waals surface area contributed by atoms with E-state index in [1.165, 1.54) is 11.8 Å². The van der Waals surface area contributed by atoms with E-state index < -0.39 is 5.60 Å². The number of thioether (sulfide) groups is 1. The predicted molar refractivity (Wildman–Crippen MR) is 94.2 cm³/mol. The Morgan fingerprint density at radius 2 is 2.04 bits per heavy atom. The number of nitrogens with zero attached hydrogens (tertiary/aromatic N) is 2. The van der Waals surface area contributed by atoms with Crippen molar-refractivity contribution in [3.63, 3.8) is 0 Å². The van der Waals surface area contributed by atoms with Gasteiger partial charge >= 0.3 is 0 Å². The van der Waals surface area contributed by atoms with Crippen molar-refractivity contribution < 1.29 is 14.3 Å². The Balaban J connectivity index is 1.66. The summed E-state index contributed by atoms with van der Waals surface area (Å²) < 4.78 is 11.4. The van der Waals surface area contributed by atoms with Crippen molar-refractivity contribution in [2.45, 2.75) is 50.4 Å². The minimum atomic E-state index is -0.616. The average molecular weight is 348 g/mol. The molecule has 1 aliphatic rings. The average Bonchev–Trinajstić information content (AvgIpc) is 3.06. The van der Waals surface area contributed by atoms with Gasteiger partial charge in [0.2, 0.25) is 0 Å². The number of aliphatic hydroxyl groups is 1. The molecule has 6 heteroatoms. The van der Waals surface area contributed by atoms with E-state index in [2.05, 4.69) is 17.1 Å². The maximum Gasteiger partial charge on any atom is 0.276 e. The lowest BCUT2D eigenvalue weighted by molar-refractivity contribution is 0.0149. The summed E-state index contributed by atoms with van der Waals surface area (Å²) in [6.07, 6.45) is 3.84. The molecule has 1 N–H and O–H groups in total. The highest BCUT2D eigenvalue weighted by Crippen LogP contribution is 2.36. The van der Waals surface area contributed by atoms with Crippen molar-refractivity contribution in [1.29, 1.82) is 0 Å². The predicted octanol–water partition coefficient (Wildman–Crippen LogP) is 4.17. The second kappa shape index (κ2) is 7.57. The van der Waals surface area contributed by atoms with E-state index in [9.17, 15) is 5.11 Å². The second-order valence-corrected chi connectivity index (χ2v) is 7.42. The van der Waals surface area contributed by atoms with E-state index in [1.807, 2.05) is 31.2 Å². The lowest BCUT2D eigenvalue weighted by atomic mass is 9.81. The highest BCUT2D eigenvalue weighted by atomic mass is 32.2. The summed E-state index contributed by atoms with van der Waals surface area (Å²) in [7, 11) is 0. The molecule has 1 aromatic heterocycles. The minimum absolute atomic E-state index is 0.450. The fraction of sp³-hybridized carbons (Fsp3) is 0.556. The molecule has 130 valence electrons. The fourth-order valence-electron chi connectivity index (χ4n) is 2.94. The highest BCUT2D eigenvalue weighted by molar-refractivity contribution is 7.99. The molecule has 1 aliphatic carbocycles. The smallest absolute Gasteiger partial charge is 0.276 e. The summed E-state index contributed by atoms with van der Waals surface area (Å²) in [6.45, 7) is 4.77. The molecule has 0 spiro atoms. The van der Waals surface area contributed by atoms with Crippen LogP contribution in [0.2, 0.25) is 0 Å². The van der Waals surface area contributed by atoms with Gasteiger partial charge in [-0.25, -0.2) is 0 Å². The number of hydrogen-bond acceptors (Lipinski definition) is 6. The zero-order valence-electron chi connectivity index (χ0n) is 14.2. The highest BCUT2D eigenvalue weighted by Gasteiger charge is 2.32. The first-order valence-corrected chi connectivity index (χ1v) is 9.49. The monoisotopic (exact) mass is 348 g/mol. The Bertz CT molecular complexity index is 666. The summed E-state index contributed by atoms with van der Waals surface area (Å²) in [6, 6.07) is 7.63. The van der Waals surface area contributed by atoms with Crippen LogP contribution in [-0.4, -0.2) is 33.3 Å². The van der Waals surface area contributed by atoms with Crippen LogP contribution in [0.1, 0.15) is 39.5 Å². The third kappa shape index (κ3) is 4.11. The van der Waals surface area contributed by atoms with Gasteiger partial charge in [-0.3, -0.25) is 0 Å². The van der Waals surface area contributed by atoms with E-state index in [0.29, 0.717) is 29.4 Å². The van der Waals surface area contributed by atoms with E-state index in [-0.39, 0.29) is 0 Å². The molecule has 0 aliphatic heterocycles. The van der Waals surface area contributed by atoms with Crippen LogP contribution in [0, 0.1) is 5.92 Å². The Hall–Kier alpha value is -1.53. The van der Waals surface area contributed by atoms with Crippen molar-refractivity contribution in [1.82, 2.24) is 10.2 Å². The third-order valence-corrected chi connectivity index (χ3v) is 5.59. The molecule has 3 rings (SSSR count). The normalized spacial score (nSPS) is 24.0. The van der Waals surface area contributed by atoms with Gasteiger partial charge < -0.3 is 14.3 Å². The Kier molecular flexibility index (Phi) is 5.46. The molecule has 0 unspecified atom stereocenters. The summed E-state index contributed by atoms with van der Waals surface area (Å²) in [5, 5.41) is 19.4. The molecule has 1 aromatic carbocycles. The Labute approximate surface area is 146 Å². The summed E-state index contributed by atoms with van der Waals surface area (Å²) >= 11 is 1.43. The molecule has 0 atom stereocenters. The first-order valence-electron chi connectivity index (χ1n) is 8.50. The summed E-state index contributed by atoms with van der Waals surface area (Å²) in [5.41, 5.74) is 0.179. The lowest BCUT2D eigenvalue weighted by Crippen LogP contribution is -2.36. The molecular formula is C18H24N2O3S. The van der Waals surface area contributed by atoms with Gasteiger partial charge in [0.1, 0.15) is 5.75 Å². The van der Waals surface area contributed by atoms with Crippen molar-refractivity contribution >= 4 is 11.8 Å². The maximum atomic E-state index is 10.7. The van der Waals surface area contributed by atoms with Gasteiger partial charge in [-0.2, -0.15) is 0 Å². The number of aromatic nitrogens is 2. The molecule has 1 saturated carbocycles. The molecule has 24 heavy (non-hydrogen) atoms. The number of para-hydroxylation sites is 1. The second-order valence-electron chi connectivity index (χ2n) is 6.50. The molecule has 5 nitrogen and oxygen atoms in total. The molecular weight excluding hydrogens is 324 g/mol. The van der Waals surface area contributed by atoms with Crippen molar-refractivity contribution in [3.05, 3.63) is 24.3 Å². The molecule has 0 amide bonds. The quantitative estimate of drug-likeness (QED) is 0.790. The van der Waals surface area contributed by atoms with Crippen LogP contribution in [0.25, 0.3) is 11.5 Å². The number of rotatable bonds is 6. The van der Waals surface area contributed by atoms with Gasteiger partial charge in [-0.15, -0.1) is 10.2 Å². The van der Waals surface area contributed by atoms with Gasteiger partial charge in [0, 0.05) is 5.75 Å². The fourth-order valence-corrected chi connectivity index (χ4v) is 3.86. The van der Waals surface area contributed by atoms with E-state index >= 15 is 0 Å². The van der Waals surface area contributed by atoms with Crippen molar-refractivity contribution in [3.8, 4) is 17.2 Å². The maximum absolute atomic E-state index is 10.7.